The van der Waals surface area contributed by atoms with Crippen LogP contribution in [0, 0.1) is 0 Å². The van der Waals surface area contributed by atoms with Crippen LogP contribution in [0.3, 0.4) is 0 Å². The predicted molar refractivity (Wildman–Crippen MR) is 149 cm³/mol. The van der Waals surface area contributed by atoms with Crippen LogP contribution in [-0.2, 0) is 23.4 Å². The highest BCUT2D eigenvalue weighted by molar-refractivity contribution is 7.52. The van der Waals surface area contributed by atoms with Crippen LogP contribution >= 0.6 is 7.75 Å². The summed E-state index contributed by atoms with van der Waals surface area (Å²) in [4.78, 5) is 25.1. The summed E-state index contributed by atoms with van der Waals surface area (Å²) < 4.78 is 43.2. The van der Waals surface area contributed by atoms with Crippen LogP contribution in [0.4, 0.5) is 5.82 Å². The Morgan fingerprint density at radius 2 is 2.05 bits per heavy atom. The summed E-state index contributed by atoms with van der Waals surface area (Å²) in [5.74, 6) is -0.167. The molecule has 15 heteroatoms. The van der Waals surface area contributed by atoms with Crippen molar-refractivity contribution in [1.29, 1.82) is 0 Å². The van der Waals surface area contributed by atoms with Crippen LogP contribution in [0.15, 0.2) is 36.7 Å². The fraction of sp³-hybridized carbons (Fsp3) is 0.538. The molecule has 1 aliphatic rings. The van der Waals surface area contributed by atoms with Crippen LogP contribution < -0.4 is 20.1 Å². The molecule has 41 heavy (non-hydrogen) atoms. The number of carbonyl (C=O) groups excluding carboxylic acids is 1. The van der Waals surface area contributed by atoms with Crippen molar-refractivity contribution in [2.45, 2.75) is 70.4 Å². The number of nitrogen functional groups attached to an aromatic ring is 1. The molecule has 0 radical (unpaired) electrons. The summed E-state index contributed by atoms with van der Waals surface area (Å²) in [5.41, 5.74) is 6.61. The number of rotatable bonds is 15. The zero-order chi connectivity index (χ0) is 29.4. The van der Waals surface area contributed by atoms with E-state index in [1.807, 2.05) is 0 Å². The fourth-order valence-electron chi connectivity index (χ4n) is 4.29. The smallest absolute Gasteiger partial charge is 0.459 e. The highest BCUT2D eigenvalue weighted by Gasteiger charge is 2.39. The van der Waals surface area contributed by atoms with Crippen molar-refractivity contribution in [2.24, 2.45) is 0 Å². The maximum Gasteiger partial charge on any atom is 0.459 e. The van der Waals surface area contributed by atoms with Gasteiger partial charge >= 0.3 is 19.7 Å². The van der Waals surface area contributed by atoms with E-state index in [2.05, 4.69) is 27.0 Å². The van der Waals surface area contributed by atoms with Gasteiger partial charge < -0.3 is 29.6 Å². The molecule has 4 N–H and O–H groups in total. The predicted octanol–water partition coefficient (Wildman–Crippen LogP) is 3.37. The number of esters is 1. The van der Waals surface area contributed by atoms with Gasteiger partial charge in [-0.25, -0.2) is 9.55 Å². The number of carbonyl (C=O) groups is 1. The third-order valence-electron chi connectivity index (χ3n) is 6.40. The van der Waals surface area contributed by atoms with Crippen molar-refractivity contribution < 1.29 is 37.7 Å². The first kappa shape index (κ1) is 30.7. The molecule has 0 saturated carbocycles. The minimum Gasteiger partial charge on any atom is -0.467 e. The molecule has 0 aliphatic carbocycles. The number of unbranched alkanes of at least 4 members (excludes halogenated alkanes) is 3. The monoisotopic (exact) mass is 592 g/mol. The minimum atomic E-state index is -4.09. The molecular weight excluding hydrogens is 555 g/mol. The van der Waals surface area contributed by atoms with Gasteiger partial charge in [0.25, 0.3) is 0 Å². The van der Waals surface area contributed by atoms with Gasteiger partial charge in [0.15, 0.2) is 23.2 Å². The maximum atomic E-state index is 13.8. The molecule has 0 bridgehead atoms. The molecule has 0 spiro atoms. The van der Waals surface area contributed by atoms with Crippen LogP contribution in [0.5, 0.6) is 11.8 Å². The van der Waals surface area contributed by atoms with Crippen LogP contribution in [-0.4, -0.2) is 69.2 Å². The quantitative estimate of drug-likeness (QED) is 0.133. The van der Waals surface area contributed by atoms with E-state index >= 15 is 0 Å². The van der Waals surface area contributed by atoms with E-state index in [1.54, 1.807) is 30.3 Å². The summed E-state index contributed by atoms with van der Waals surface area (Å²) in [6, 6.07) is 7.52. The number of nitrogens with one attached hydrogen (secondary N) is 1. The zero-order valence-corrected chi connectivity index (χ0v) is 24.2. The largest absolute Gasteiger partial charge is 0.467 e. The number of imidazole rings is 1. The molecule has 2 aromatic heterocycles. The first-order chi connectivity index (χ1) is 19.7. The van der Waals surface area contributed by atoms with Gasteiger partial charge in [0, 0.05) is 6.42 Å². The average Bonchev–Trinajstić information content (AvgIpc) is 3.55. The number of fused-ring (bicyclic) bond motifs is 1. The number of anilines is 1. The first-order valence-electron chi connectivity index (χ1n) is 13.5. The number of para-hydroxylation sites is 1. The molecule has 1 aliphatic heterocycles. The molecule has 1 saturated heterocycles. The Balaban J connectivity index is 1.42. The van der Waals surface area contributed by atoms with Gasteiger partial charge in [0.1, 0.15) is 17.9 Å². The molecule has 3 heterocycles. The highest BCUT2D eigenvalue weighted by Crippen LogP contribution is 2.46. The lowest BCUT2D eigenvalue weighted by Crippen LogP contribution is -2.35. The third kappa shape index (κ3) is 7.92. The summed E-state index contributed by atoms with van der Waals surface area (Å²) in [5, 5.41) is 13.5. The van der Waals surface area contributed by atoms with Crippen molar-refractivity contribution in [3.63, 3.8) is 0 Å². The first-order valence-corrected chi connectivity index (χ1v) is 15.1. The van der Waals surface area contributed by atoms with E-state index in [0.717, 1.165) is 25.7 Å². The lowest BCUT2D eigenvalue weighted by atomic mass is 10.2. The van der Waals surface area contributed by atoms with E-state index in [-0.39, 0.29) is 37.2 Å². The second-order valence-electron chi connectivity index (χ2n) is 9.65. The van der Waals surface area contributed by atoms with Gasteiger partial charge in [-0.1, -0.05) is 44.4 Å². The number of methoxy groups -OCH3 is 1. The zero-order valence-electron chi connectivity index (χ0n) is 23.3. The van der Waals surface area contributed by atoms with Gasteiger partial charge in [-0.3, -0.25) is 13.9 Å². The normalized spacial score (nSPS) is 20.9. The number of hydrogen-bond donors (Lipinski definition) is 3. The Kier molecular flexibility index (Phi) is 10.5. The van der Waals surface area contributed by atoms with E-state index in [9.17, 15) is 14.5 Å². The maximum absolute atomic E-state index is 13.8. The standard InChI is InChI=1S/C26H37N6O8P/c1-4-5-6-10-13-37-25(34)17(2)31-41(35,40-18-11-8-7-9-12-18)38-15-19-14-20(33)24(39-19)32-16-28-21-22(27)29-26(36-3)30-23(21)32/h7-9,11-12,16-17,19-20,24,33H,4-6,10,13-15H2,1-3H3,(H,31,35)(H2,27,29,30)/t17-,19-,20-,24?,41?/m0/s1. The number of aliphatic hydroxyl groups excluding tert-OH is 1. The summed E-state index contributed by atoms with van der Waals surface area (Å²) in [7, 11) is -2.68. The molecule has 0 amide bonds. The number of aliphatic hydroxyl groups is 1. The lowest BCUT2D eigenvalue weighted by Gasteiger charge is -2.24. The molecule has 1 fully saturated rings. The van der Waals surface area contributed by atoms with E-state index < -0.39 is 38.2 Å². The molecule has 4 rings (SSSR count). The van der Waals surface area contributed by atoms with E-state index in [1.165, 1.54) is 24.9 Å². The number of nitrogens with two attached hydrogens (primary N) is 1. The topological polar surface area (TPSA) is 182 Å². The molecule has 2 unspecified atom stereocenters. The SMILES string of the molecule is CCCCCCOC(=O)[C@H](C)NP(=O)(OC[C@@H]1C[C@H](O)C(n2cnc3c(N)nc(OC)nc32)O1)Oc1ccccc1. The molecule has 224 valence electrons. The van der Waals surface area contributed by atoms with Crippen molar-refractivity contribution in [3.05, 3.63) is 36.7 Å². The Labute approximate surface area is 238 Å². The Morgan fingerprint density at radius 1 is 1.27 bits per heavy atom. The Bertz CT molecular complexity index is 1340. The van der Waals surface area contributed by atoms with Crippen molar-refractivity contribution in [2.75, 3.05) is 26.1 Å². The van der Waals surface area contributed by atoms with Crippen LogP contribution in [0.25, 0.3) is 11.2 Å². The number of hydrogen-bond acceptors (Lipinski definition) is 12. The number of nitrogens with zero attached hydrogens (tertiary/aromatic N) is 4. The minimum absolute atomic E-state index is 0.0443. The van der Waals surface area contributed by atoms with Crippen molar-refractivity contribution in [1.82, 2.24) is 24.6 Å². The van der Waals surface area contributed by atoms with E-state index in [0.29, 0.717) is 11.2 Å². The Morgan fingerprint density at radius 3 is 2.78 bits per heavy atom. The van der Waals surface area contributed by atoms with E-state index in [4.69, 9.17) is 29.0 Å². The number of aromatic nitrogens is 4. The highest BCUT2D eigenvalue weighted by atomic mass is 31.2. The summed E-state index contributed by atoms with van der Waals surface area (Å²) in [6.07, 6.45) is 2.92. The van der Waals surface area contributed by atoms with Gasteiger partial charge in [-0.05, 0) is 25.5 Å². The fourth-order valence-corrected chi connectivity index (χ4v) is 5.81. The number of benzene rings is 1. The second kappa shape index (κ2) is 14.1. The van der Waals surface area contributed by atoms with Gasteiger partial charge in [0.2, 0.25) is 0 Å². The third-order valence-corrected chi connectivity index (χ3v) is 8.04. The van der Waals surface area contributed by atoms with Crippen molar-refractivity contribution in [3.8, 4) is 11.8 Å². The van der Waals surface area contributed by atoms with Gasteiger partial charge in [0.05, 0.1) is 32.8 Å². The van der Waals surface area contributed by atoms with Crippen molar-refractivity contribution >= 4 is 30.7 Å². The Hall–Kier alpha value is -3.29. The lowest BCUT2D eigenvalue weighted by molar-refractivity contribution is -0.145. The second-order valence-corrected chi connectivity index (χ2v) is 11.3. The summed E-state index contributed by atoms with van der Waals surface area (Å²) in [6.45, 7) is 3.69. The average molecular weight is 593 g/mol. The van der Waals surface area contributed by atoms with Gasteiger partial charge in [-0.2, -0.15) is 15.1 Å². The van der Waals surface area contributed by atoms with Crippen LogP contribution in [0.2, 0.25) is 0 Å². The van der Waals surface area contributed by atoms with Gasteiger partial charge in [-0.15, -0.1) is 0 Å². The molecular formula is C26H37N6O8P. The molecule has 1 aromatic carbocycles. The van der Waals surface area contributed by atoms with Crippen LogP contribution in [0.1, 0.15) is 52.2 Å². The molecule has 3 aromatic rings. The number of ether oxygens (including phenoxy) is 3. The summed E-state index contributed by atoms with van der Waals surface area (Å²) >= 11 is 0. The molecule has 14 nitrogen and oxygen atoms in total. The molecule has 5 atom stereocenters.